The number of aliphatic hydroxyl groups excluding tert-OH is 1. The van der Waals surface area contributed by atoms with Gasteiger partial charge in [0, 0.05) is 23.4 Å². The minimum atomic E-state index is -1.76. The molecule has 3 unspecified atom stereocenters. The maximum absolute atomic E-state index is 13.4. The Hall–Kier alpha value is -0.227. The number of thioether (sulfide) groups is 2. The number of nitrogens with zero attached hydrogens (tertiary/aromatic N) is 4. The van der Waals surface area contributed by atoms with Gasteiger partial charge in [0.15, 0.2) is 6.10 Å². The minimum absolute atomic E-state index is 0. The van der Waals surface area contributed by atoms with E-state index in [0.29, 0.717) is 0 Å². The fourth-order valence-electron chi connectivity index (χ4n) is 3.66. The smallest absolute Gasteiger partial charge is 0.550 e. The van der Waals surface area contributed by atoms with Crippen molar-refractivity contribution >= 4 is 47.3 Å². The van der Waals surface area contributed by atoms with Gasteiger partial charge in [-0.2, -0.15) is 5.21 Å². The molecular weight excluding hydrogens is 586 g/mol. The molecule has 184 valence electrons. The van der Waals surface area contributed by atoms with E-state index in [9.17, 15) is 38.9 Å². The maximum atomic E-state index is 13.4. The number of nitrogens with one attached hydrogen (secondary N) is 2. The standard InChI is InChI=1S/C19H17FN6O7S2.2K/c20-8-3-1-2-7(4-8)14(29)15(30)21-12-16(31)26-13(18(32)33)9(6-34-17(12)26)10(5-11(27)28)35-19-22-24-25-23-19;;/h1-4,10,12,14,17,29H,5-6H2,(H,21,30)(H,27,28)(H,32,33)(H,22,23,24,25);;/q;2*+1/p-2/t10?,12?,14?,17-;;/m0../s1. The summed E-state index contributed by atoms with van der Waals surface area (Å²) in [5, 5.41) is 47.1. The monoisotopic (exact) mass is 600 g/mol. The van der Waals surface area contributed by atoms with Crippen LogP contribution in [0.4, 0.5) is 4.39 Å². The molecular formula is C19H15FK2N6O7S2. The van der Waals surface area contributed by atoms with Gasteiger partial charge in [0.1, 0.15) is 17.2 Å². The molecule has 13 nitrogen and oxygen atoms in total. The molecule has 2 aliphatic heterocycles. The molecule has 1 saturated heterocycles. The van der Waals surface area contributed by atoms with E-state index < -0.39 is 64.5 Å². The Kier molecular flexibility index (Phi) is 12.9. The summed E-state index contributed by atoms with van der Waals surface area (Å²) in [6.45, 7) is 0. The van der Waals surface area contributed by atoms with Crippen LogP contribution in [0.25, 0.3) is 0 Å². The second-order valence-electron chi connectivity index (χ2n) is 7.39. The number of aliphatic hydroxyl groups is 1. The fourth-order valence-corrected chi connectivity index (χ4v) is 6.18. The summed E-state index contributed by atoms with van der Waals surface area (Å²) in [6.07, 6.45) is -2.36. The van der Waals surface area contributed by atoms with E-state index in [2.05, 4.69) is 25.9 Å². The molecule has 0 bridgehead atoms. The van der Waals surface area contributed by atoms with Crippen LogP contribution in [-0.4, -0.2) is 76.8 Å². The molecule has 0 spiro atoms. The van der Waals surface area contributed by atoms with Crippen LogP contribution < -0.4 is 118 Å². The van der Waals surface area contributed by atoms with E-state index in [1.165, 1.54) is 12.1 Å². The number of hydrogen-bond donors (Lipinski definition) is 3. The molecule has 4 atom stereocenters. The summed E-state index contributed by atoms with van der Waals surface area (Å²) in [5.74, 6) is -5.62. The van der Waals surface area contributed by atoms with Gasteiger partial charge in [-0.25, -0.2) is 4.39 Å². The third-order valence-electron chi connectivity index (χ3n) is 5.22. The Labute approximate surface area is 302 Å². The number of carbonyl (C=O) groups is 4. The van der Waals surface area contributed by atoms with Crippen molar-refractivity contribution in [2.75, 3.05) is 5.75 Å². The number of amides is 2. The molecule has 2 aromatic rings. The first-order valence-corrected chi connectivity index (χ1v) is 11.8. The van der Waals surface area contributed by atoms with Crippen LogP contribution in [0.5, 0.6) is 0 Å². The summed E-state index contributed by atoms with van der Waals surface area (Å²) in [7, 11) is 0. The molecule has 0 aliphatic carbocycles. The van der Waals surface area contributed by atoms with Crippen molar-refractivity contribution in [3.05, 3.63) is 46.9 Å². The number of fused-ring (bicyclic) bond motifs is 1. The Balaban J connectivity index is 0.00000241. The summed E-state index contributed by atoms with van der Waals surface area (Å²) >= 11 is 1.91. The molecule has 37 heavy (non-hydrogen) atoms. The van der Waals surface area contributed by atoms with Crippen molar-refractivity contribution in [1.29, 1.82) is 0 Å². The molecule has 1 aromatic heterocycles. The van der Waals surface area contributed by atoms with Crippen molar-refractivity contribution in [3.8, 4) is 0 Å². The number of aromatic amines is 1. The largest absolute Gasteiger partial charge is 1.00 e. The summed E-state index contributed by atoms with van der Waals surface area (Å²) in [4.78, 5) is 49.5. The molecule has 3 N–H and O–H groups in total. The number of carboxylic acids is 2. The predicted octanol–water partition coefficient (Wildman–Crippen LogP) is -8.92. The Morgan fingerprint density at radius 3 is 2.65 bits per heavy atom. The molecule has 3 heterocycles. The number of halogens is 1. The predicted molar refractivity (Wildman–Crippen MR) is 112 cm³/mol. The number of β-lactam (4-membered cyclic amide) rings is 1. The van der Waals surface area contributed by atoms with Crippen molar-refractivity contribution in [1.82, 2.24) is 30.8 Å². The summed E-state index contributed by atoms with van der Waals surface area (Å²) in [5.41, 5.74) is -0.455. The van der Waals surface area contributed by atoms with Crippen LogP contribution in [0, 0.1) is 5.82 Å². The maximum Gasteiger partial charge on any atom is 1.00 e. The molecule has 2 aliphatic rings. The SMILES string of the molecule is O=C([O-])CC(Sc1nn[nH]n1)C1=C(C(=O)[O-])N2C(=O)C(NC(=O)C(O)c3cccc(F)c3)[C@@H]2SC1.[K+].[K+]. The van der Waals surface area contributed by atoms with Gasteiger partial charge in [0.05, 0.1) is 11.7 Å². The topological polar surface area (TPSA) is 204 Å². The van der Waals surface area contributed by atoms with Gasteiger partial charge in [-0.05, 0) is 28.5 Å². The first kappa shape index (κ1) is 33.0. The number of H-pyrrole nitrogens is 1. The number of benzene rings is 1. The Bertz CT molecular complexity index is 1220. The minimum Gasteiger partial charge on any atom is -0.550 e. The van der Waals surface area contributed by atoms with Gasteiger partial charge in [-0.15, -0.1) is 22.0 Å². The molecule has 0 radical (unpaired) electrons. The second kappa shape index (κ2) is 14.4. The second-order valence-corrected chi connectivity index (χ2v) is 9.67. The number of hydrogen-bond acceptors (Lipinski definition) is 12. The number of carboxylic acid groups (broad SMARTS) is 2. The number of tetrazole rings is 1. The molecule has 1 aromatic carbocycles. The van der Waals surface area contributed by atoms with Gasteiger partial charge in [-0.1, -0.05) is 23.9 Å². The van der Waals surface area contributed by atoms with Gasteiger partial charge < -0.3 is 30.2 Å². The quantitative estimate of drug-likeness (QED) is 0.139. The average molecular weight is 601 g/mol. The fraction of sp³-hybridized carbons (Fsp3) is 0.316. The zero-order chi connectivity index (χ0) is 25.3. The third-order valence-corrected chi connectivity index (χ3v) is 7.64. The molecule has 0 saturated carbocycles. The zero-order valence-electron chi connectivity index (χ0n) is 19.4. The number of rotatable bonds is 9. The first-order chi connectivity index (χ1) is 16.7. The number of aliphatic carboxylic acids is 2. The molecule has 1 fully saturated rings. The van der Waals surface area contributed by atoms with Crippen LogP contribution in [-0.2, 0) is 19.2 Å². The van der Waals surface area contributed by atoms with E-state index >= 15 is 0 Å². The van der Waals surface area contributed by atoms with Gasteiger partial charge in [0.2, 0.25) is 5.16 Å². The summed E-state index contributed by atoms with van der Waals surface area (Å²) in [6, 6.07) is 3.57. The molecule has 18 heteroatoms. The van der Waals surface area contributed by atoms with Gasteiger partial charge in [0.25, 0.3) is 11.8 Å². The Morgan fingerprint density at radius 2 is 2.05 bits per heavy atom. The zero-order valence-corrected chi connectivity index (χ0v) is 27.3. The van der Waals surface area contributed by atoms with Crippen LogP contribution in [0.1, 0.15) is 18.1 Å². The van der Waals surface area contributed by atoms with Gasteiger partial charge in [-0.3, -0.25) is 14.5 Å². The first-order valence-electron chi connectivity index (χ1n) is 9.90. The normalized spacial score (nSPS) is 19.9. The van der Waals surface area contributed by atoms with E-state index in [1.54, 1.807) is 0 Å². The Morgan fingerprint density at radius 1 is 1.32 bits per heavy atom. The average Bonchev–Trinajstić information content (AvgIpc) is 3.33. The molecule has 2 amide bonds. The molecule has 4 rings (SSSR count). The van der Waals surface area contributed by atoms with Crippen molar-refractivity contribution in [2.45, 2.75) is 34.3 Å². The van der Waals surface area contributed by atoms with Crippen LogP contribution in [0.3, 0.4) is 0 Å². The van der Waals surface area contributed by atoms with E-state index in [-0.39, 0.29) is 125 Å². The van der Waals surface area contributed by atoms with Crippen molar-refractivity contribution in [3.63, 3.8) is 0 Å². The van der Waals surface area contributed by atoms with Crippen LogP contribution in [0.2, 0.25) is 0 Å². The van der Waals surface area contributed by atoms with Crippen LogP contribution in [0.15, 0.2) is 40.7 Å². The van der Waals surface area contributed by atoms with Crippen molar-refractivity contribution in [2.24, 2.45) is 0 Å². The van der Waals surface area contributed by atoms with E-state index in [0.717, 1.165) is 40.6 Å². The third kappa shape index (κ3) is 7.50. The van der Waals surface area contributed by atoms with Crippen LogP contribution >= 0.6 is 23.5 Å². The van der Waals surface area contributed by atoms with Crippen molar-refractivity contribution < 1.29 is 142 Å². The van der Waals surface area contributed by atoms with Gasteiger partial charge >= 0.3 is 103 Å². The summed E-state index contributed by atoms with van der Waals surface area (Å²) < 4.78 is 13.4. The number of aromatic nitrogens is 4. The van der Waals surface area contributed by atoms with E-state index in [4.69, 9.17) is 0 Å². The number of carbonyl (C=O) groups excluding carboxylic acids is 4. The van der Waals surface area contributed by atoms with E-state index in [1.807, 2.05) is 0 Å².